The molecule has 0 aliphatic carbocycles. The fourth-order valence-electron chi connectivity index (χ4n) is 4.27. The van der Waals surface area contributed by atoms with Crippen molar-refractivity contribution in [3.05, 3.63) is 30.2 Å². The molecule has 0 radical (unpaired) electrons. The second-order valence-corrected chi connectivity index (χ2v) is 10.5. The second kappa shape index (κ2) is 9.85. The first-order valence-corrected chi connectivity index (χ1v) is 13.2. The quantitative estimate of drug-likeness (QED) is 0.463. The Kier molecular flexibility index (Phi) is 6.65. The molecule has 13 heteroatoms. The topological polar surface area (TPSA) is 134 Å². The Balaban J connectivity index is 1.44. The van der Waals surface area contributed by atoms with Gasteiger partial charge in [-0.1, -0.05) is 0 Å². The predicted molar refractivity (Wildman–Crippen MR) is 129 cm³/mol. The van der Waals surface area contributed by atoms with Crippen LogP contribution in [-0.4, -0.2) is 97.7 Å². The summed E-state index contributed by atoms with van der Waals surface area (Å²) >= 11 is 0. The van der Waals surface area contributed by atoms with Crippen molar-refractivity contribution in [1.82, 2.24) is 24.2 Å². The van der Waals surface area contributed by atoms with Crippen molar-refractivity contribution in [3.8, 4) is 11.4 Å². The SMILES string of the molecule is CS(=O)(=O)N1CCN(Cc2cc3nc(-c4ccc(NC=O)nc4)nc(N4CCOCC4)c3o2)CC1. The van der Waals surface area contributed by atoms with Crippen LogP contribution >= 0.6 is 0 Å². The lowest BCUT2D eigenvalue weighted by Gasteiger charge is -2.32. The van der Waals surface area contributed by atoms with Crippen LogP contribution in [0, 0.1) is 0 Å². The molecule has 2 saturated heterocycles. The molecule has 0 saturated carbocycles. The Bertz CT molecular complexity index is 1300. The number of hydrogen-bond acceptors (Lipinski definition) is 10. The normalized spacial score (nSPS) is 18.1. The van der Waals surface area contributed by atoms with Gasteiger partial charge >= 0.3 is 0 Å². The Morgan fingerprint density at radius 1 is 1.09 bits per heavy atom. The molecule has 35 heavy (non-hydrogen) atoms. The van der Waals surface area contributed by atoms with Crippen molar-refractivity contribution >= 4 is 39.2 Å². The predicted octanol–water partition coefficient (Wildman–Crippen LogP) is 0.767. The number of pyridine rings is 1. The first-order valence-electron chi connectivity index (χ1n) is 11.4. The fourth-order valence-corrected chi connectivity index (χ4v) is 5.10. The van der Waals surface area contributed by atoms with Gasteiger partial charge in [0, 0.05) is 57.1 Å². The summed E-state index contributed by atoms with van der Waals surface area (Å²) in [5.74, 6) is 2.41. The van der Waals surface area contributed by atoms with Crippen molar-refractivity contribution in [3.63, 3.8) is 0 Å². The van der Waals surface area contributed by atoms with Gasteiger partial charge in [0.25, 0.3) is 0 Å². The van der Waals surface area contributed by atoms with Crippen molar-refractivity contribution in [2.24, 2.45) is 0 Å². The Morgan fingerprint density at radius 2 is 1.86 bits per heavy atom. The molecule has 5 rings (SSSR count). The number of furan rings is 1. The number of fused-ring (bicyclic) bond motifs is 1. The van der Waals surface area contributed by atoms with E-state index in [9.17, 15) is 13.2 Å². The number of piperazine rings is 1. The summed E-state index contributed by atoms with van der Waals surface area (Å²) in [5, 5.41) is 2.52. The number of aromatic nitrogens is 3. The number of morpholine rings is 1. The fraction of sp³-hybridized carbons (Fsp3) is 0.455. The van der Waals surface area contributed by atoms with Crippen molar-refractivity contribution in [2.75, 3.05) is 69.0 Å². The Hall–Kier alpha value is -3.13. The van der Waals surface area contributed by atoms with Crippen LogP contribution in [0.5, 0.6) is 0 Å². The molecule has 0 spiro atoms. The lowest BCUT2D eigenvalue weighted by atomic mass is 10.2. The molecule has 186 valence electrons. The molecule has 0 bridgehead atoms. The maximum Gasteiger partial charge on any atom is 0.212 e. The minimum atomic E-state index is -3.17. The maximum absolute atomic E-state index is 11.8. The van der Waals surface area contributed by atoms with Crippen LogP contribution in [0.25, 0.3) is 22.5 Å². The zero-order valence-corrected chi connectivity index (χ0v) is 20.2. The summed E-state index contributed by atoms with van der Waals surface area (Å²) in [6.07, 6.45) is 3.45. The van der Waals surface area contributed by atoms with E-state index in [4.69, 9.17) is 19.1 Å². The van der Waals surface area contributed by atoms with Gasteiger partial charge in [-0.25, -0.2) is 23.4 Å². The molecule has 1 amide bonds. The van der Waals surface area contributed by atoms with E-state index in [1.807, 2.05) is 12.1 Å². The molecule has 2 aliphatic heterocycles. The number of ether oxygens (including phenoxy) is 1. The van der Waals surface area contributed by atoms with E-state index in [2.05, 4.69) is 20.1 Å². The number of nitrogens with zero attached hydrogens (tertiary/aromatic N) is 6. The molecule has 5 heterocycles. The van der Waals surface area contributed by atoms with Crippen LogP contribution < -0.4 is 10.2 Å². The van der Waals surface area contributed by atoms with Gasteiger partial charge in [-0.15, -0.1) is 0 Å². The molecule has 2 fully saturated rings. The molecule has 1 N–H and O–H groups in total. The summed E-state index contributed by atoms with van der Waals surface area (Å²) in [7, 11) is -3.17. The first-order chi connectivity index (χ1) is 16.9. The van der Waals surface area contributed by atoms with E-state index in [0.29, 0.717) is 94.0 Å². The van der Waals surface area contributed by atoms with Gasteiger partial charge in [-0.2, -0.15) is 4.31 Å². The number of carbonyl (C=O) groups is 1. The van der Waals surface area contributed by atoms with Crippen LogP contribution in [0.3, 0.4) is 0 Å². The molecule has 0 atom stereocenters. The van der Waals surface area contributed by atoms with Gasteiger partial charge in [0.05, 0.1) is 26.0 Å². The van der Waals surface area contributed by atoms with Crippen LogP contribution in [0.1, 0.15) is 5.76 Å². The van der Waals surface area contributed by atoms with E-state index in [1.54, 1.807) is 12.3 Å². The molecular weight excluding hydrogens is 474 g/mol. The van der Waals surface area contributed by atoms with Gasteiger partial charge in [0.1, 0.15) is 17.1 Å². The zero-order valence-electron chi connectivity index (χ0n) is 19.4. The van der Waals surface area contributed by atoms with Gasteiger partial charge < -0.3 is 19.4 Å². The van der Waals surface area contributed by atoms with Gasteiger partial charge in [0.2, 0.25) is 16.4 Å². The Morgan fingerprint density at radius 3 is 2.51 bits per heavy atom. The maximum atomic E-state index is 11.8. The highest BCUT2D eigenvalue weighted by Crippen LogP contribution is 2.31. The van der Waals surface area contributed by atoms with Crippen molar-refractivity contribution in [1.29, 1.82) is 0 Å². The highest BCUT2D eigenvalue weighted by Gasteiger charge is 2.25. The molecule has 12 nitrogen and oxygen atoms in total. The second-order valence-electron chi connectivity index (χ2n) is 8.53. The molecule has 0 aromatic carbocycles. The number of rotatable bonds is 7. The summed E-state index contributed by atoms with van der Waals surface area (Å²) < 4.78 is 36.8. The summed E-state index contributed by atoms with van der Waals surface area (Å²) in [5.41, 5.74) is 2.03. The lowest BCUT2D eigenvalue weighted by Crippen LogP contribution is -2.47. The molecule has 3 aromatic heterocycles. The van der Waals surface area contributed by atoms with Gasteiger partial charge in [0.15, 0.2) is 17.2 Å². The summed E-state index contributed by atoms with van der Waals surface area (Å²) in [4.78, 5) is 28.8. The van der Waals surface area contributed by atoms with Crippen LogP contribution in [0.15, 0.2) is 28.8 Å². The van der Waals surface area contributed by atoms with Crippen molar-refractivity contribution in [2.45, 2.75) is 6.54 Å². The monoisotopic (exact) mass is 501 g/mol. The van der Waals surface area contributed by atoms with E-state index >= 15 is 0 Å². The number of hydrogen-bond donors (Lipinski definition) is 1. The highest BCUT2D eigenvalue weighted by atomic mass is 32.2. The number of anilines is 2. The smallest absolute Gasteiger partial charge is 0.212 e. The number of sulfonamides is 1. The van der Waals surface area contributed by atoms with Gasteiger partial charge in [-0.3, -0.25) is 9.69 Å². The third-order valence-electron chi connectivity index (χ3n) is 6.12. The minimum absolute atomic E-state index is 0.444. The van der Waals surface area contributed by atoms with Gasteiger partial charge in [-0.05, 0) is 12.1 Å². The Labute approximate surface area is 202 Å². The number of nitrogens with one attached hydrogen (secondary N) is 1. The number of carbonyl (C=O) groups excluding carboxylic acids is 1. The highest BCUT2D eigenvalue weighted by molar-refractivity contribution is 7.88. The van der Waals surface area contributed by atoms with E-state index < -0.39 is 10.0 Å². The van der Waals surface area contributed by atoms with Crippen LogP contribution in [-0.2, 0) is 26.1 Å². The average molecular weight is 502 g/mol. The van der Waals surface area contributed by atoms with E-state index in [1.165, 1.54) is 10.6 Å². The number of amides is 1. The van der Waals surface area contributed by atoms with Crippen LogP contribution in [0.2, 0.25) is 0 Å². The average Bonchev–Trinajstić information content (AvgIpc) is 3.27. The third-order valence-corrected chi connectivity index (χ3v) is 7.43. The standard InChI is InChI=1S/C22H27N7O5S/c1-35(31,32)29-6-4-27(5-7-29)14-17-12-18-20(34-17)22(28-8-10-33-11-9-28)26-21(25-18)16-2-3-19(23-13-16)24-15-30/h2-3,12-13,15H,4-11,14H2,1H3,(H,23,24,30). The first kappa shape index (κ1) is 23.6. The summed E-state index contributed by atoms with van der Waals surface area (Å²) in [6, 6.07) is 5.43. The van der Waals surface area contributed by atoms with E-state index in [0.717, 1.165) is 11.3 Å². The molecule has 2 aliphatic rings. The van der Waals surface area contributed by atoms with Crippen molar-refractivity contribution < 1.29 is 22.4 Å². The molecule has 0 unspecified atom stereocenters. The van der Waals surface area contributed by atoms with Crippen LogP contribution in [0.4, 0.5) is 11.6 Å². The third kappa shape index (κ3) is 5.27. The largest absolute Gasteiger partial charge is 0.454 e. The minimum Gasteiger partial charge on any atom is -0.454 e. The lowest BCUT2D eigenvalue weighted by molar-refractivity contribution is -0.105. The van der Waals surface area contributed by atoms with E-state index in [-0.39, 0.29) is 0 Å². The molecular formula is C22H27N7O5S. The summed E-state index contributed by atoms with van der Waals surface area (Å²) in [6.45, 7) is 5.33. The molecule has 3 aromatic rings. The zero-order chi connectivity index (χ0) is 24.4.